The molecule has 3 aromatic rings. The number of fused-ring (bicyclic) bond motifs is 3. The molecule has 0 heterocycles. The van der Waals surface area contributed by atoms with Crippen LogP contribution in [0.15, 0.2) is 48.5 Å². The van der Waals surface area contributed by atoms with E-state index in [1.54, 1.807) is 12.1 Å². The molecule has 0 aliphatic rings. The molecule has 4 heteroatoms. The van der Waals surface area contributed by atoms with Crippen LogP contribution in [0, 0.1) is 0 Å². The van der Waals surface area contributed by atoms with E-state index in [1.165, 1.54) is 0 Å². The summed E-state index contributed by atoms with van der Waals surface area (Å²) in [5, 5.41) is 23.1. The van der Waals surface area contributed by atoms with Crippen molar-refractivity contribution in [2.75, 3.05) is 0 Å². The number of aromatic hydroxyl groups is 2. The van der Waals surface area contributed by atoms with Crippen LogP contribution in [0.25, 0.3) is 21.5 Å². The average Bonchev–Trinajstić information content (AvgIpc) is 2.36. The Morgan fingerprint density at radius 1 is 0.500 bits per heavy atom. The highest BCUT2D eigenvalue weighted by Crippen LogP contribution is 2.41. The molecule has 2 nitrogen and oxygen atoms in total. The van der Waals surface area contributed by atoms with Gasteiger partial charge in [0.05, 0.1) is 0 Å². The van der Waals surface area contributed by atoms with E-state index in [0.29, 0.717) is 10.8 Å². The van der Waals surface area contributed by atoms with Crippen LogP contribution >= 0.6 is 34.0 Å². The summed E-state index contributed by atoms with van der Waals surface area (Å²) >= 11 is 0. The highest BCUT2D eigenvalue weighted by atomic mass is 79.9. The van der Waals surface area contributed by atoms with E-state index in [2.05, 4.69) is 0 Å². The van der Waals surface area contributed by atoms with Gasteiger partial charge in [-0.15, -0.1) is 34.0 Å². The molecule has 3 aromatic carbocycles. The molecule has 0 saturated heterocycles. The van der Waals surface area contributed by atoms with E-state index in [9.17, 15) is 10.2 Å². The SMILES string of the molecule is Br.Br.Oc1c(O)c2ccccc2c2ccccc12. The first kappa shape index (κ1) is 14.8. The maximum atomic E-state index is 9.91. The van der Waals surface area contributed by atoms with Crippen LogP contribution in [-0.4, -0.2) is 10.2 Å². The molecule has 0 fully saturated rings. The van der Waals surface area contributed by atoms with Crippen LogP contribution in [0.4, 0.5) is 0 Å². The molecule has 18 heavy (non-hydrogen) atoms. The van der Waals surface area contributed by atoms with Crippen molar-refractivity contribution < 1.29 is 10.2 Å². The van der Waals surface area contributed by atoms with E-state index in [0.717, 1.165) is 10.8 Å². The molecule has 0 amide bonds. The molecule has 0 aromatic heterocycles. The van der Waals surface area contributed by atoms with Gasteiger partial charge in [0.25, 0.3) is 0 Å². The molecule has 0 atom stereocenters. The Labute approximate surface area is 125 Å². The van der Waals surface area contributed by atoms with E-state index in [1.807, 2.05) is 36.4 Å². The number of hydrogen-bond donors (Lipinski definition) is 2. The molecule has 0 saturated carbocycles. The van der Waals surface area contributed by atoms with Gasteiger partial charge in [-0.1, -0.05) is 48.5 Å². The normalized spacial score (nSPS) is 9.78. The van der Waals surface area contributed by atoms with Crippen LogP contribution < -0.4 is 0 Å². The first-order valence-electron chi connectivity index (χ1n) is 5.10. The van der Waals surface area contributed by atoms with Gasteiger partial charge >= 0.3 is 0 Å². The standard InChI is InChI=1S/C14H10O2.2BrH/c15-13-11-7-3-1-5-9(11)10-6-2-4-8-12(10)14(13)16;;/h1-8,15-16H;2*1H. The van der Waals surface area contributed by atoms with Crippen molar-refractivity contribution in [1.82, 2.24) is 0 Å². The Morgan fingerprint density at radius 3 is 1.11 bits per heavy atom. The summed E-state index contributed by atoms with van der Waals surface area (Å²) in [6.07, 6.45) is 0. The minimum atomic E-state index is -0.0469. The summed E-state index contributed by atoms with van der Waals surface area (Å²) in [5.74, 6) is -0.0939. The molecule has 0 radical (unpaired) electrons. The Balaban J connectivity index is 0.000000810. The fourth-order valence-electron chi connectivity index (χ4n) is 2.10. The number of hydrogen-bond acceptors (Lipinski definition) is 2. The summed E-state index contributed by atoms with van der Waals surface area (Å²) in [4.78, 5) is 0. The van der Waals surface area contributed by atoms with Crippen molar-refractivity contribution in [3.05, 3.63) is 48.5 Å². The molecule has 2 N–H and O–H groups in total. The zero-order valence-corrected chi connectivity index (χ0v) is 12.8. The van der Waals surface area contributed by atoms with Gasteiger partial charge in [0, 0.05) is 10.8 Å². The number of rotatable bonds is 0. The van der Waals surface area contributed by atoms with Gasteiger partial charge in [-0.3, -0.25) is 0 Å². The molecular formula is C14H12Br2O2. The van der Waals surface area contributed by atoms with Crippen LogP contribution in [0.3, 0.4) is 0 Å². The van der Waals surface area contributed by atoms with Crippen LogP contribution in [-0.2, 0) is 0 Å². The van der Waals surface area contributed by atoms with E-state index in [-0.39, 0.29) is 45.5 Å². The molecule has 0 aliphatic heterocycles. The summed E-state index contributed by atoms with van der Waals surface area (Å²) in [6.45, 7) is 0. The van der Waals surface area contributed by atoms with Crippen molar-refractivity contribution in [2.45, 2.75) is 0 Å². The lowest BCUT2D eigenvalue weighted by molar-refractivity contribution is 0.412. The van der Waals surface area contributed by atoms with Gasteiger partial charge in [0.2, 0.25) is 0 Å². The third-order valence-corrected chi connectivity index (χ3v) is 2.88. The summed E-state index contributed by atoms with van der Waals surface area (Å²) in [6, 6.07) is 15.0. The van der Waals surface area contributed by atoms with E-state index < -0.39 is 0 Å². The van der Waals surface area contributed by atoms with Crippen LogP contribution in [0.1, 0.15) is 0 Å². The van der Waals surface area contributed by atoms with Crippen molar-refractivity contribution in [3.63, 3.8) is 0 Å². The second-order valence-electron chi connectivity index (χ2n) is 3.79. The zero-order chi connectivity index (χ0) is 11.1. The summed E-state index contributed by atoms with van der Waals surface area (Å²) < 4.78 is 0. The molecule has 0 spiro atoms. The lowest BCUT2D eigenvalue weighted by Crippen LogP contribution is -1.80. The monoisotopic (exact) mass is 370 g/mol. The van der Waals surface area contributed by atoms with Crippen LogP contribution in [0.5, 0.6) is 11.5 Å². The van der Waals surface area contributed by atoms with Crippen LogP contribution in [0.2, 0.25) is 0 Å². The fourth-order valence-corrected chi connectivity index (χ4v) is 2.10. The minimum Gasteiger partial charge on any atom is -0.504 e. The average molecular weight is 372 g/mol. The van der Waals surface area contributed by atoms with Gasteiger partial charge in [-0.2, -0.15) is 0 Å². The maximum Gasteiger partial charge on any atom is 0.166 e. The largest absolute Gasteiger partial charge is 0.504 e. The third kappa shape index (κ3) is 2.06. The second kappa shape index (κ2) is 5.59. The molecular weight excluding hydrogens is 360 g/mol. The predicted octanol–water partition coefficient (Wildman–Crippen LogP) is 4.56. The van der Waals surface area contributed by atoms with Crippen molar-refractivity contribution in [3.8, 4) is 11.5 Å². The smallest absolute Gasteiger partial charge is 0.166 e. The lowest BCUT2D eigenvalue weighted by Gasteiger charge is -2.08. The predicted molar refractivity (Wildman–Crippen MR) is 85.4 cm³/mol. The molecule has 94 valence electrons. The summed E-state index contributed by atoms with van der Waals surface area (Å²) in [5.41, 5.74) is 0. The van der Waals surface area contributed by atoms with Crippen molar-refractivity contribution in [2.24, 2.45) is 0 Å². The topological polar surface area (TPSA) is 40.5 Å². The van der Waals surface area contributed by atoms with Gasteiger partial charge < -0.3 is 10.2 Å². The number of halogens is 2. The van der Waals surface area contributed by atoms with E-state index in [4.69, 9.17) is 0 Å². The first-order chi connectivity index (χ1) is 7.79. The minimum absolute atomic E-state index is 0. The highest BCUT2D eigenvalue weighted by Gasteiger charge is 2.11. The number of benzene rings is 3. The van der Waals surface area contributed by atoms with Gasteiger partial charge in [-0.25, -0.2) is 0 Å². The third-order valence-electron chi connectivity index (χ3n) is 2.88. The molecule has 0 bridgehead atoms. The zero-order valence-electron chi connectivity index (χ0n) is 9.33. The molecule has 0 aliphatic carbocycles. The van der Waals surface area contributed by atoms with Gasteiger partial charge in [0.1, 0.15) is 0 Å². The number of phenolic OH excluding ortho intramolecular Hbond substituents is 2. The Bertz CT molecular complexity index is 635. The molecule has 0 unspecified atom stereocenters. The first-order valence-corrected chi connectivity index (χ1v) is 5.10. The highest BCUT2D eigenvalue weighted by molar-refractivity contribution is 8.93. The van der Waals surface area contributed by atoms with Gasteiger partial charge in [-0.05, 0) is 10.8 Å². The Hall–Kier alpha value is -1.26. The molecule has 3 rings (SSSR count). The van der Waals surface area contributed by atoms with E-state index >= 15 is 0 Å². The lowest BCUT2D eigenvalue weighted by atomic mass is 10.0. The Kier molecular flexibility index (Phi) is 4.59. The second-order valence-corrected chi connectivity index (χ2v) is 3.79. The van der Waals surface area contributed by atoms with Gasteiger partial charge in [0.15, 0.2) is 11.5 Å². The van der Waals surface area contributed by atoms with Crippen molar-refractivity contribution in [1.29, 1.82) is 0 Å². The summed E-state index contributed by atoms with van der Waals surface area (Å²) in [7, 11) is 0. The Morgan fingerprint density at radius 2 is 0.778 bits per heavy atom. The number of phenols is 2. The quantitative estimate of drug-likeness (QED) is 0.449. The fraction of sp³-hybridized carbons (Fsp3) is 0. The van der Waals surface area contributed by atoms with Crippen molar-refractivity contribution >= 4 is 55.5 Å². The maximum absolute atomic E-state index is 9.91.